The van der Waals surface area contributed by atoms with Gasteiger partial charge in [0.2, 0.25) is 5.91 Å². The topological polar surface area (TPSA) is 50.2 Å². The number of rotatable bonds is 7. The third-order valence-corrected chi connectivity index (χ3v) is 5.76. The predicted molar refractivity (Wildman–Crippen MR) is 102 cm³/mol. The lowest BCUT2D eigenvalue weighted by Crippen LogP contribution is -2.50. The second kappa shape index (κ2) is 7.62. The second-order valence-corrected chi connectivity index (χ2v) is 7.83. The Labute approximate surface area is 155 Å². The van der Waals surface area contributed by atoms with Crippen LogP contribution in [0, 0.1) is 5.41 Å². The zero-order valence-electron chi connectivity index (χ0n) is 15.3. The van der Waals surface area contributed by atoms with Crippen LogP contribution >= 0.6 is 0 Å². The fourth-order valence-corrected chi connectivity index (χ4v) is 3.96. The van der Waals surface area contributed by atoms with Crippen molar-refractivity contribution < 1.29 is 4.79 Å². The molecule has 1 aliphatic carbocycles. The van der Waals surface area contributed by atoms with Crippen molar-refractivity contribution in [1.82, 2.24) is 20.0 Å². The van der Waals surface area contributed by atoms with E-state index in [9.17, 15) is 4.79 Å². The number of benzene rings is 1. The average Bonchev–Trinajstić information content (AvgIpc) is 3.27. The van der Waals surface area contributed by atoms with E-state index < -0.39 is 0 Å². The monoisotopic (exact) mass is 352 g/mol. The molecule has 1 amide bonds. The van der Waals surface area contributed by atoms with Gasteiger partial charge < -0.3 is 10.2 Å². The van der Waals surface area contributed by atoms with Crippen LogP contribution in [0.5, 0.6) is 0 Å². The van der Waals surface area contributed by atoms with Crippen LogP contribution in [0.3, 0.4) is 0 Å². The molecule has 5 heteroatoms. The fourth-order valence-electron chi connectivity index (χ4n) is 3.96. The van der Waals surface area contributed by atoms with Crippen molar-refractivity contribution >= 4 is 5.91 Å². The Morgan fingerprint density at radius 3 is 2.81 bits per heavy atom. The Bertz CT molecular complexity index is 709. The highest BCUT2D eigenvalue weighted by molar-refractivity contribution is 5.85. The van der Waals surface area contributed by atoms with Crippen molar-refractivity contribution in [1.29, 1.82) is 0 Å². The van der Waals surface area contributed by atoms with Crippen molar-refractivity contribution in [3.63, 3.8) is 0 Å². The molecule has 1 unspecified atom stereocenters. The molecule has 1 aromatic heterocycles. The summed E-state index contributed by atoms with van der Waals surface area (Å²) < 4.78 is 1.89. The molecule has 1 saturated carbocycles. The number of aromatic nitrogens is 2. The number of nitrogens with zero attached hydrogens (tertiary/aromatic N) is 3. The van der Waals surface area contributed by atoms with Crippen LogP contribution in [-0.2, 0) is 17.8 Å². The fraction of sp³-hybridized carbons (Fsp3) is 0.524. The Balaban J connectivity index is 1.27. The van der Waals surface area contributed by atoms with E-state index in [1.807, 2.05) is 16.9 Å². The summed E-state index contributed by atoms with van der Waals surface area (Å²) in [7, 11) is 0. The lowest BCUT2D eigenvalue weighted by molar-refractivity contribution is -0.128. The molecule has 26 heavy (non-hydrogen) atoms. The molecule has 1 atom stereocenters. The van der Waals surface area contributed by atoms with E-state index in [1.54, 1.807) is 6.20 Å². The van der Waals surface area contributed by atoms with Gasteiger partial charge in [0.25, 0.3) is 0 Å². The maximum absolute atomic E-state index is 12.8. The minimum Gasteiger partial charge on any atom is -0.352 e. The van der Waals surface area contributed by atoms with Crippen molar-refractivity contribution in [3.8, 4) is 0 Å². The van der Waals surface area contributed by atoms with Gasteiger partial charge in [-0.1, -0.05) is 30.3 Å². The van der Waals surface area contributed by atoms with Crippen LogP contribution in [0.1, 0.15) is 31.2 Å². The minimum absolute atomic E-state index is 0.224. The quantitative estimate of drug-likeness (QED) is 0.833. The lowest BCUT2D eigenvalue weighted by atomic mass is 10.0. The molecule has 0 spiro atoms. The number of nitrogens with one attached hydrogen (secondary N) is 1. The number of likely N-dealkylation sites (tertiary alicyclic amines) is 1. The zero-order valence-corrected chi connectivity index (χ0v) is 15.3. The lowest BCUT2D eigenvalue weighted by Gasteiger charge is -2.34. The number of piperidine rings is 1. The number of carbonyl (C=O) groups excluding carboxylic acids is 1. The molecule has 4 rings (SSSR count). The Morgan fingerprint density at radius 1 is 1.23 bits per heavy atom. The first-order chi connectivity index (χ1) is 12.7. The first-order valence-electron chi connectivity index (χ1n) is 9.78. The molecule has 1 aliphatic heterocycles. The third kappa shape index (κ3) is 4.15. The number of carbonyl (C=O) groups is 1. The van der Waals surface area contributed by atoms with Crippen LogP contribution < -0.4 is 5.32 Å². The summed E-state index contributed by atoms with van der Waals surface area (Å²) in [5.74, 6) is 0.225. The molecule has 0 bridgehead atoms. The van der Waals surface area contributed by atoms with Gasteiger partial charge in [-0.3, -0.25) is 9.48 Å². The summed E-state index contributed by atoms with van der Waals surface area (Å²) in [5.41, 5.74) is 1.16. The number of hydrogen-bond donors (Lipinski definition) is 1. The zero-order chi connectivity index (χ0) is 17.8. The maximum atomic E-state index is 12.8. The second-order valence-electron chi connectivity index (χ2n) is 7.83. The number of amides is 1. The van der Waals surface area contributed by atoms with Crippen molar-refractivity contribution in [3.05, 3.63) is 54.4 Å². The average molecular weight is 352 g/mol. The van der Waals surface area contributed by atoms with E-state index in [1.165, 1.54) is 5.56 Å². The Kier molecular flexibility index (Phi) is 5.07. The maximum Gasteiger partial charge on any atom is 0.228 e. The molecule has 2 heterocycles. The molecule has 0 radical (unpaired) electrons. The largest absolute Gasteiger partial charge is 0.352 e. The summed E-state index contributed by atoms with van der Waals surface area (Å²) in [6.07, 6.45) is 8.99. The standard InChI is InChI=1S/C21H28N4O/c26-20(21(10-11-21)17-25-14-5-12-22-25)23-19-8-4-13-24(16-19)15-9-18-6-2-1-3-7-18/h1-3,5-7,12,14,19H,4,8-11,13,15-17H2,(H,23,26). The molecule has 2 aliphatic rings. The smallest absolute Gasteiger partial charge is 0.228 e. The number of hydrogen-bond acceptors (Lipinski definition) is 3. The summed E-state index contributed by atoms with van der Waals surface area (Å²) in [4.78, 5) is 15.3. The predicted octanol–water partition coefficient (Wildman–Crippen LogP) is 2.49. The van der Waals surface area contributed by atoms with E-state index in [-0.39, 0.29) is 17.4 Å². The molecule has 1 saturated heterocycles. The third-order valence-electron chi connectivity index (χ3n) is 5.76. The highest BCUT2D eigenvalue weighted by Crippen LogP contribution is 2.47. The van der Waals surface area contributed by atoms with Gasteiger partial charge in [0.1, 0.15) is 0 Å². The summed E-state index contributed by atoms with van der Waals surface area (Å²) in [5, 5.41) is 7.60. The van der Waals surface area contributed by atoms with Gasteiger partial charge in [-0.15, -0.1) is 0 Å². The molecule has 1 aromatic carbocycles. The van der Waals surface area contributed by atoms with Gasteiger partial charge in [-0.25, -0.2) is 0 Å². The highest BCUT2D eigenvalue weighted by Gasteiger charge is 2.50. The van der Waals surface area contributed by atoms with Crippen molar-refractivity contribution in [2.75, 3.05) is 19.6 Å². The normalized spacial score (nSPS) is 22.1. The van der Waals surface area contributed by atoms with Gasteiger partial charge in [-0.2, -0.15) is 5.10 Å². The SMILES string of the molecule is O=C(NC1CCCN(CCc2ccccc2)C1)C1(Cn2cccn2)CC1. The van der Waals surface area contributed by atoms with E-state index >= 15 is 0 Å². The van der Waals surface area contributed by atoms with Crippen molar-refractivity contribution in [2.45, 2.75) is 44.7 Å². The first kappa shape index (κ1) is 17.3. The van der Waals surface area contributed by atoms with Gasteiger partial charge >= 0.3 is 0 Å². The first-order valence-corrected chi connectivity index (χ1v) is 9.78. The molecule has 2 fully saturated rings. The summed E-state index contributed by atoms with van der Waals surface area (Å²) in [6.45, 7) is 3.87. The van der Waals surface area contributed by atoms with Crippen LogP contribution in [0.25, 0.3) is 0 Å². The minimum atomic E-state index is -0.224. The highest BCUT2D eigenvalue weighted by atomic mass is 16.2. The van der Waals surface area contributed by atoms with Crippen molar-refractivity contribution in [2.24, 2.45) is 5.41 Å². The van der Waals surface area contributed by atoms with E-state index in [4.69, 9.17) is 0 Å². The van der Waals surface area contributed by atoms with E-state index in [0.717, 1.165) is 51.7 Å². The molecule has 2 aromatic rings. The Morgan fingerprint density at radius 2 is 2.08 bits per heavy atom. The Hall–Kier alpha value is -2.14. The van der Waals surface area contributed by atoms with Gasteiger partial charge in [-0.05, 0) is 50.3 Å². The van der Waals surface area contributed by atoms with Gasteiger partial charge in [0.05, 0.1) is 12.0 Å². The molecular formula is C21H28N4O. The van der Waals surface area contributed by atoms with Gasteiger partial charge in [0.15, 0.2) is 0 Å². The van der Waals surface area contributed by atoms with E-state index in [2.05, 4.69) is 45.6 Å². The van der Waals surface area contributed by atoms with Crippen LogP contribution in [0.2, 0.25) is 0 Å². The van der Waals surface area contributed by atoms with E-state index in [0.29, 0.717) is 6.54 Å². The van der Waals surface area contributed by atoms with Crippen LogP contribution in [0.4, 0.5) is 0 Å². The molecule has 1 N–H and O–H groups in total. The summed E-state index contributed by atoms with van der Waals surface area (Å²) in [6, 6.07) is 12.8. The van der Waals surface area contributed by atoms with Crippen LogP contribution in [0.15, 0.2) is 48.8 Å². The molecule has 5 nitrogen and oxygen atoms in total. The molecule has 138 valence electrons. The molecular weight excluding hydrogens is 324 g/mol. The summed E-state index contributed by atoms with van der Waals surface area (Å²) >= 11 is 0. The van der Waals surface area contributed by atoms with Crippen LogP contribution in [-0.4, -0.2) is 46.3 Å². The van der Waals surface area contributed by atoms with Gasteiger partial charge in [0, 0.05) is 31.5 Å².